The van der Waals surface area contributed by atoms with Crippen molar-refractivity contribution in [2.24, 2.45) is 0 Å². The Morgan fingerprint density at radius 2 is 2.08 bits per heavy atom. The van der Waals surface area contributed by atoms with E-state index in [4.69, 9.17) is 9.84 Å². The van der Waals surface area contributed by atoms with E-state index in [2.05, 4.69) is 4.74 Å². The van der Waals surface area contributed by atoms with Crippen LogP contribution in [0.3, 0.4) is 0 Å². The number of carboxylic acid groups (broad SMARTS) is 1. The highest BCUT2D eigenvalue weighted by atomic mass is 16.7. The van der Waals surface area contributed by atoms with E-state index in [-0.39, 0.29) is 12.2 Å². The van der Waals surface area contributed by atoms with Crippen LogP contribution < -0.4 is 0 Å². The number of hydrogen-bond acceptors (Lipinski definition) is 3. The maximum absolute atomic E-state index is 10.2. The minimum absolute atomic E-state index is 0.183. The fourth-order valence-corrected chi connectivity index (χ4v) is 0.924. The van der Waals surface area contributed by atoms with E-state index in [1.807, 2.05) is 20.8 Å². The molecule has 0 heterocycles. The zero-order valence-corrected chi connectivity index (χ0v) is 8.45. The molecule has 78 valence electrons. The Labute approximate surface area is 78.8 Å². The molecule has 0 aromatic carbocycles. The predicted octanol–water partition coefficient (Wildman–Crippen LogP) is 2.27. The number of ether oxygens (including phenoxy) is 2. The quantitative estimate of drug-likeness (QED) is 0.653. The van der Waals surface area contributed by atoms with E-state index >= 15 is 0 Å². The zero-order valence-electron chi connectivity index (χ0n) is 8.45. The molecule has 0 saturated carbocycles. The van der Waals surface area contributed by atoms with Crippen LogP contribution in [0.15, 0.2) is 0 Å². The zero-order chi connectivity index (χ0) is 10.3. The molecule has 13 heavy (non-hydrogen) atoms. The van der Waals surface area contributed by atoms with Crippen LogP contribution in [0.4, 0.5) is 4.79 Å². The van der Waals surface area contributed by atoms with E-state index in [0.29, 0.717) is 19.4 Å². The molecular weight excluding hydrogens is 172 g/mol. The first-order valence-corrected chi connectivity index (χ1v) is 4.57. The van der Waals surface area contributed by atoms with Crippen LogP contribution in [0.1, 0.15) is 33.6 Å². The molecule has 0 spiro atoms. The molecule has 0 fully saturated rings. The van der Waals surface area contributed by atoms with Gasteiger partial charge in [0.25, 0.3) is 0 Å². The summed E-state index contributed by atoms with van der Waals surface area (Å²) < 4.78 is 9.90. The highest BCUT2D eigenvalue weighted by Crippen LogP contribution is 2.05. The Hall–Kier alpha value is -0.770. The fraction of sp³-hybridized carbons (Fsp3) is 0.889. The van der Waals surface area contributed by atoms with Gasteiger partial charge in [0.15, 0.2) is 0 Å². The molecule has 0 saturated heterocycles. The van der Waals surface area contributed by atoms with Crippen molar-refractivity contribution in [2.45, 2.75) is 45.8 Å². The molecule has 0 aliphatic carbocycles. The number of hydrogen-bond donors (Lipinski definition) is 1. The van der Waals surface area contributed by atoms with Crippen molar-refractivity contribution in [1.82, 2.24) is 0 Å². The van der Waals surface area contributed by atoms with Gasteiger partial charge in [-0.1, -0.05) is 6.92 Å². The van der Waals surface area contributed by atoms with Crippen molar-refractivity contribution in [3.05, 3.63) is 0 Å². The van der Waals surface area contributed by atoms with Gasteiger partial charge >= 0.3 is 6.16 Å². The molecule has 0 bridgehead atoms. The SMILES string of the molecule is CCC(CCOC(C)C)OC(=O)O. The molecule has 1 N–H and O–H groups in total. The van der Waals surface area contributed by atoms with E-state index in [9.17, 15) is 4.79 Å². The van der Waals surface area contributed by atoms with Crippen LogP contribution in [0, 0.1) is 0 Å². The van der Waals surface area contributed by atoms with E-state index in [1.165, 1.54) is 0 Å². The largest absolute Gasteiger partial charge is 0.506 e. The molecule has 1 atom stereocenters. The van der Waals surface area contributed by atoms with Crippen LogP contribution in [-0.2, 0) is 9.47 Å². The topological polar surface area (TPSA) is 55.8 Å². The second-order valence-corrected chi connectivity index (χ2v) is 3.12. The van der Waals surface area contributed by atoms with Gasteiger partial charge in [0.05, 0.1) is 12.7 Å². The van der Waals surface area contributed by atoms with E-state index in [0.717, 1.165) is 0 Å². The highest BCUT2D eigenvalue weighted by molar-refractivity contribution is 5.57. The van der Waals surface area contributed by atoms with Gasteiger partial charge in [0, 0.05) is 6.42 Å². The predicted molar refractivity (Wildman–Crippen MR) is 48.9 cm³/mol. The third-order valence-electron chi connectivity index (χ3n) is 1.61. The van der Waals surface area contributed by atoms with E-state index in [1.54, 1.807) is 0 Å². The number of carbonyl (C=O) groups is 1. The van der Waals surface area contributed by atoms with Crippen molar-refractivity contribution in [1.29, 1.82) is 0 Å². The first kappa shape index (κ1) is 12.2. The monoisotopic (exact) mass is 190 g/mol. The lowest BCUT2D eigenvalue weighted by Crippen LogP contribution is -2.19. The van der Waals surface area contributed by atoms with Gasteiger partial charge in [-0.15, -0.1) is 0 Å². The average Bonchev–Trinajstić information content (AvgIpc) is 2.01. The van der Waals surface area contributed by atoms with Gasteiger partial charge in [-0.05, 0) is 20.3 Å². The molecule has 0 rings (SSSR count). The summed E-state index contributed by atoms with van der Waals surface area (Å²) in [5.74, 6) is 0. The molecular formula is C9H18O4. The van der Waals surface area contributed by atoms with Crippen molar-refractivity contribution >= 4 is 6.16 Å². The second kappa shape index (κ2) is 6.71. The van der Waals surface area contributed by atoms with Crippen LogP contribution in [0.25, 0.3) is 0 Å². The molecule has 0 radical (unpaired) electrons. The van der Waals surface area contributed by atoms with Gasteiger partial charge in [0.2, 0.25) is 0 Å². The van der Waals surface area contributed by atoms with Crippen molar-refractivity contribution in [3.8, 4) is 0 Å². The van der Waals surface area contributed by atoms with E-state index < -0.39 is 6.16 Å². The average molecular weight is 190 g/mol. The molecule has 4 heteroatoms. The molecule has 0 amide bonds. The molecule has 0 aliphatic heterocycles. The smallest absolute Gasteiger partial charge is 0.450 e. The maximum Gasteiger partial charge on any atom is 0.506 e. The van der Waals surface area contributed by atoms with Crippen molar-refractivity contribution < 1.29 is 19.4 Å². The molecule has 0 aromatic rings. The summed E-state index contributed by atoms with van der Waals surface area (Å²) in [5.41, 5.74) is 0. The summed E-state index contributed by atoms with van der Waals surface area (Å²) in [6.45, 7) is 6.32. The van der Waals surface area contributed by atoms with Gasteiger partial charge in [0.1, 0.15) is 6.10 Å². The molecule has 0 aliphatic rings. The minimum atomic E-state index is -1.21. The lowest BCUT2D eigenvalue weighted by atomic mass is 10.2. The first-order chi connectivity index (χ1) is 6.06. The Bertz CT molecular complexity index is 145. The molecule has 1 unspecified atom stereocenters. The fourth-order valence-electron chi connectivity index (χ4n) is 0.924. The van der Waals surface area contributed by atoms with Crippen LogP contribution in [0.2, 0.25) is 0 Å². The Balaban J connectivity index is 3.53. The van der Waals surface area contributed by atoms with Gasteiger partial charge in [-0.3, -0.25) is 0 Å². The Kier molecular flexibility index (Phi) is 6.32. The second-order valence-electron chi connectivity index (χ2n) is 3.12. The summed E-state index contributed by atoms with van der Waals surface area (Å²) in [6, 6.07) is 0. The Morgan fingerprint density at radius 3 is 2.46 bits per heavy atom. The van der Waals surface area contributed by atoms with Crippen molar-refractivity contribution in [3.63, 3.8) is 0 Å². The van der Waals surface area contributed by atoms with Crippen LogP contribution in [-0.4, -0.2) is 30.1 Å². The third kappa shape index (κ3) is 7.59. The normalized spacial score (nSPS) is 12.9. The highest BCUT2D eigenvalue weighted by Gasteiger charge is 2.10. The summed E-state index contributed by atoms with van der Waals surface area (Å²) in [5, 5.41) is 8.36. The van der Waals surface area contributed by atoms with Crippen LogP contribution in [0.5, 0.6) is 0 Å². The first-order valence-electron chi connectivity index (χ1n) is 4.57. The summed E-state index contributed by atoms with van der Waals surface area (Å²) >= 11 is 0. The Morgan fingerprint density at radius 1 is 1.46 bits per heavy atom. The summed E-state index contributed by atoms with van der Waals surface area (Å²) in [6.07, 6.45) is 0.0457. The summed E-state index contributed by atoms with van der Waals surface area (Å²) in [7, 11) is 0. The summed E-state index contributed by atoms with van der Waals surface area (Å²) in [4.78, 5) is 10.2. The lowest BCUT2D eigenvalue weighted by molar-refractivity contribution is 0.0161. The lowest BCUT2D eigenvalue weighted by Gasteiger charge is -2.14. The van der Waals surface area contributed by atoms with Gasteiger partial charge in [-0.2, -0.15) is 0 Å². The minimum Gasteiger partial charge on any atom is -0.450 e. The van der Waals surface area contributed by atoms with Crippen LogP contribution >= 0.6 is 0 Å². The maximum atomic E-state index is 10.2. The van der Waals surface area contributed by atoms with Crippen molar-refractivity contribution in [2.75, 3.05) is 6.61 Å². The van der Waals surface area contributed by atoms with Gasteiger partial charge < -0.3 is 14.6 Å². The standard InChI is InChI=1S/C9H18O4/c1-4-8(13-9(10)11)5-6-12-7(2)3/h7-8H,4-6H2,1-3H3,(H,10,11). The molecule has 4 nitrogen and oxygen atoms in total. The molecule has 0 aromatic heterocycles. The number of rotatable bonds is 6. The third-order valence-corrected chi connectivity index (χ3v) is 1.61. The van der Waals surface area contributed by atoms with Gasteiger partial charge in [-0.25, -0.2) is 4.79 Å².